The van der Waals surface area contributed by atoms with Gasteiger partial charge in [0.1, 0.15) is 22.5 Å². The lowest BCUT2D eigenvalue weighted by atomic mass is 10.1. The number of nitrogens with two attached hydrogens (primary N) is 1. The molecule has 0 bridgehead atoms. The summed E-state index contributed by atoms with van der Waals surface area (Å²) in [7, 11) is 0. The van der Waals surface area contributed by atoms with Crippen molar-refractivity contribution in [1.29, 1.82) is 0 Å². The van der Waals surface area contributed by atoms with Crippen molar-refractivity contribution in [3.05, 3.63) is 45.0 Å². The molecule has 152 valence electrons. The largest absolute Gasteiger partial charge is 0.391 e. The van der Waals surface area contributed by atoms with Gasteiger partial charge in [0.2, 0.25) is 5.91 Å². The molecule has 2 aromatic heterocycles. The van der Waals surface area contributed by atoms with Gasteiger partial charge < -0.3 is 15.7 Å². The Morgan fingerprint density at radius 2 is 2.07 bits per heavy atom. The van der Waals surface area contributed by atoms with Gasteiger partial charge in [0.25, 0.3) is 0 Å². The van der Waals surface area contributed by atoms with E-state index in [4.69, 9.17) is 15.7 Å². The number of halogens is 1. The van der Waals surface area contributed by atoms with Gasteiger partial charge in [-0.15, -0.1) is 23.1 Å². The van der Waals surface area contributed by atoms with Gasteiger partial charge in [-0.05, 0) is 43.7 Å². The molecule has 1 aromatic carbocycles. The minimum atomic E-state index is -0.599. The van der Waals surface area contributed by atoms with Crippen molar-refractivity contribution in [3.63, 3.8) is 0 Å². The predicted octanol–water partition coefficient (Wildman–Crippen LogP) is 3.79. The van der Waals surface area contributed by atoms with E-state index in [-0.39, 0.29) is 0 Å². The Labute approximate surface area is 185 Å². The van der Waals surface area contributed by atoms with E-state index in [2.05, 4.69) is 22.9 Å². The molecule has 0 aliphatic carbocycles. The Morgan fingerprint density at radius 3 is 2.76 bits per heavy atom. The zero-order valence-electron chi connectivity index (χ0n) is 16.1. The molecule has 1 amide bonds. The number of hydrogen-bond donors (Lipinski definition) is 2. The molecule has 9 heteroatoms. The number of aliphatic hydroxyl groups is 1. The molecule has 1 fully saturated rings. The number of β-amino-alcohol motifs (C(OH)–C–C–N with tert-alkyl or cyclic N) is 1. The van der Waals surface area contributed by atoms with Crippen LogP contribution in [0.5, 0.6) is 0 Å². The summed E-state index contributed by atoms with van der Waals surface area (Å²) in [6, 6.07) is 7.55. The Balaban J connectivity index is 1.73. The smallest absolute Gasteiger partial charge is 0.240 e. The topological polar surface area (TPSA) is 92.3 Å². The molecule has 1 aliphatic rings. The molecule has 3 aromatic rings. The third-order valence-electron chi connectivity index (χ3n) is 5.12. The van der Waals surface area contributed by atoms with Crippen LogP contribution in [0, 0.1) is 13.8 Å². The molecule has 1 aliphatic heterocycles. The third-order valence-corrected chi connectivity index (χ3v) is 7.75. The normalized spacial score (nSPS) is 19.2. The van der Waals surface area contributed by atoms with Crippen molar-refractivity contribution in [1.82, 2.24) is 9.97 Å². The van der Waals surface area contributed by atoms with Gasteiger partial charge in [-0.1, -0.05) is 15.9 Å². The fourth-order valence-electron chi connectivity index (χ4n) is 3.54. The lowest BCUT2D eigenvalue weighted by Crippen LogP contribution is -2.41. The molecule has 0 unspecified atom stereocenters. The fraction of sp³-hybridized carbons (Fsp3) is 0.350. The van der Waals surface area contributed by atoms with E-state index in [1.807, 2.05) is 36.1 Å². The molecule has 1 saturated heterocycles. The van der Waals surface area contributed by atoms with Crippen LogP contribution in [0.4, 0.5) is 5.82 Å². The number of aryl methyl sites for hydroxylation is 2. The fourth-order valence-corrected chi connectivity index (χ4v) is 5.60. The quantitative estimate of drug-likeness (QED) is 0.526. The van der Waals surface area contributed by atoms with Crippen LogP contribution in [-0.2, 0) is 10.5 Å². The maximum Gasteiger partial charge on any atom is 0.240 e. The summed E-state index contributed by atoms with van der Waals surface area (Å²) in [6.07, 6.45) is -0.274. The summed E-state index contributed by atoms with van der Waals surface area (Å²) < 4.78 is 1.04. The Kier molecular flexibility index (Phi) is 5.83. The number of carbonyl (C=O) groups excluding carboxylic acids is 1. The average Bonchev–Trinajstić information content (AvgIpc) is 3.21. The number of anilines is 1. The molecular formula is C20H21BrN4O2S2. The monoisotopic (exact) mass is 492 g/mol. The van der Waals surface area contributed by atoms with Gasteiger partial charge >= 0.3 is 0 Å². The van der Waals surface area contributed by atoms with Crippen molar-refractivity contribution < 1.29 is 9.90 Å². The van der Waals surface area contributed by atoms with E-state index < -0.39 is 18.1 Å². The van der Waals surface area contributed by atoms with Crippen LogP contribution in [0.15, 0.2) is 33.6 Å². The van der Waals surface area contributed by atoms with Gasteiger partial charge in [0, 0.05) is 27.2 Å². The highest BCUT2D eigenvalue weighted by atomic mass is 79.9. The molecule has 3 N–H and O–H groups in total. The molecule has 0 radical (unpaired) electrons. The van der Waals surface area contributed by atoms with Crippen molar-refractivity contribution in [2.75, 3.05) is 11.4 Å². The maximum absolute atomic E-state index is 12.0. The highest BCUT2D eigenvalue weighted by molar-refractivity contribution is 9.10. The molecule has 6 nitrogen and oxygen atoms in total. The highest BCUT2D eigenvalue weighted by Gasteiger charge is 2.37. The Hall–Kier alpha value is -1.68. The first-order chi connectivity index (χ1) is 13.8. The predicted molar refractivity (Wildman–Crippen MR) is 122 cm³/mol. The van der Waals surface area contributed by atoms with Gasteiger partial charge in [0.05, 0.1) is 17.2 Å². The van der Waals surface area contributed by atoms with Crippen molar-refractivity contribution in [2.45, 2.75) is 43.1 Å². The summed E-state index contributed by atoms with van der Waals surface area (Å²) in [5.74, 6) is 1.57. The zero-order chi connectivity index (χ0) is 20.7. The van der Waals surface area contributed by atoms with Crippen molar-refractivity contribution >= 4 is 61.0 Å². The van der Waals surface area contributed by atoms with Crippen LogP contribution in [0.3, 0.4) is 0 Å². The summed E-state index contributed by atoms with van der Waals surface area (Å²) in [5, 5.41) is 11.1. The van der Waals surface area contributed by atoms with E-state index in [0.717, 1.165) is 25.1 Å². The van der Waals surface area contributed by atoms with Gasteiger partial charge in [-0.3, -0.25) is 4.79 Å². The second-order valence-electron chi connectivity index (χ2n) is 7.13. The maximum atomic E-state index is 12.0. The molecule has 29 heavy (non-hydrogen) atoms. The minimum Gasteiger partial charge on any atom is -0.391 e. The van der Waals surface area contributed by atoms with E-state index in [1.54, 1.807) is 23.1 Å². The number of amides is 1. The second kappa shape index (κ2) is 8.22. The first kappa shape index (κ1) is 20.6. The molecular weight excluding hydrogens is 472 g/mol. The average molecular weight is 493 g/mol. The van der Waals surface area contributed by atoms with Crippen LogP contribution < -0.4 is 10.6 Å². The number of carbonyl (C=O) groups is 1. The van der Waals surface area contributed by atoms with Gasteiger partial charge in [-0.2, -0.15) is 0 Å². The Morgan fingerprint density at radius 1 is 1.34 bits per heavy atom. The van der Waals surface area contributed by atoms with Gasteiger partial charge in [-0.25, -0.2) is 9.97 Å². The van der Waals surface area contributed by atoms with Crippen LogP contribution in [-0.4, -0.2) is 39.7 Å². The number of thioether (sulfide) groups is 1. The summed E-state index contributed by atoms with van der Waals surface area (Å²) >= 11 is 6.74. The van der Waals surface area contributed by atoms with E-state index in [0.29, 0.717) is 30.4 Å². The number of benzene rings is 1. The first-order valence-electron chi connectivity index (χ1n) is 9.22. The molecule has 3 heterocycles. The summed E-state index contributed by atoms with van der Waals surface area (Å²) in [6.45, 7) is 4.45. The number of primary amides is 1. The van der Waals surface area contributed by atoms with E-state index >= 15 is 0 Å². The molecule has 0 saturated carbocycles. The standard InChI is InChI=1S/C20H21BrN4O2S2/c1-10-11(2)29-20-17(10)19(25-8-13(26)7-15(25)18(22)27)23-16(24-20)9-28-14-5-3-12(21)4-6-14/h3-6,13,15,26H,7-9H2,1-2H3,(H2,22,27)/t13-,15-/m1/s1. The van der Waals surface area contributed by atoms with Crippen molar-refractivity contribution in [3.8, 4) is 0 Å². The highest BCUT2D eigenvalue weighted by Crippen LogP contribution is 2.38. The second-order valence-corrected chi connectivity index (χ2v) is 10.3. The van der Waals surface area contributed by atoms with Crippen LogP contribution in [0.25, 0.3) is 10.2 Å². The number of hydrogen-bond acceptors (Lipinski definition) is 7. The SMILES string of the molecule is Cc1sc2nc(CSc3ccc(Br)cc3)nc(N3C[C@H](O)C[C@@H]3C(N)=O)c2c1C. The van der Waals surface area contributed by atoms with Crippen LogP contribution >= 0.6 is 39.0 Å². The van der Waals surface area contributed by atoms with Crippen LogP contribution in [0.2, 0.25) is 0 Å². The van der Waals surface area contributed by atoms with Gasteiger partial charge in [0.15, 0.2) is 0 Å². The number of fused-ring (bicyclic) bond motifs is 1. The Bertz CT molecular complexity index is 1070. The lowest BCUT2D eigenvalue weighted by Gasteiger charge is -2.24. The zero-order valence-corrected chi connectivity index (χ0v) is 19.3. The first-order valence-corrected chi connectivity index (χ1v) is 11.8. The van der Waals surface area contributed by atoms with E-state index in [9.17, 15) is 9.90 Å². The number of rotatable bonds is 5. The van der Waals surface area contributed by atoms with E-state index in [1.165, 1.54) is 4.88 Å². The number of thiophene rings is 1. The minimum absolute atomic E-state index is 0.325. The molecule has 2 atom stereocenters. The number of nitrogens with zero attached hydrogens (tertiary/aromatic N) is 3. The lowest BCUT2D eigenvalue weighted by molar-refractivity contribution is -0.119. The third kappa shape index (κ3) is 4.14. The van der Waals surface area contributed by atoms with Crippen molar-refractivity contribution in [2.24, 2.45) is 5.73 Å². The summed E-state index contributed by atoms with van der Waals surface area (Å²) in [4.78, 5) is 26.7. The molecule has 4 rings (SSSR count). The summed E-state index contributed by atoms with van der Waals surface area (Å²) in [5.41, 5.74) is 6.73. The van der Waals surface area contributed by atoms with Crippen LogP contribution in [0.1, 0.15) is 22.7 Å². The molecule has 0 spiro atoms. The number of aromatic nitrogens is 2. The number of aliphatic hydroxyl groups excluding tert-OH is 1.